The molecule has 1 aromatic carbocycles. The summed E-state index contributed by atoms with van der Waals surface area (Å²) in [4.78, 5) is 12.1. The van der Waals surface area contributed by atoms with Gasteiger partial charge in [-0.2, -0.15) is 0 Å². The van der Waals surface area contributed by atoms with Crippen LogP contribution in [0.15, 0.2) is 18.2 Å². The highest BCUT2D eigenvalue weighted by Crippen LogP contribution is 2.25. The molecule has 2 saturated heterocycles. The molecule has 140 valence electrons. The Morgan fingerprint density at radius 1 is 1.28 bits per heavy atom. The molecule has 2 heterocycles. The lowest BCUT2D eigenvalue weighted by molar-refractivity contribution is -0.117. The van der Waals surface area contributed by atoms with E-state index in [1.165, 1.54) is 0 Å². The summed E-state index contributed by atoms with van der Waals surface area (Å²) < 4.78 is 16.8. The van der Waals surface area contributed by atoms with Gasteiger partial charge in [0.25, 0.3) is 0 Å². The summed E-state index contributed by atoms with van der Waals surface area (Å²) in [6.07, 6.45) is 2.48. The molecule has 6 nitrogen and oxygen atoms in total. The van der Waals surface area contributed by atoms with Gasteiger partial charge in [0.15, 0.2) is 0 Å². The second-order valence-electron chi connectivity index (χ2n) is 6.39. The number of benzene rings is 1. The van der Waals surface area contributed by atoms with E-state index in [1.54, 1.807) is 0 Å². The van der Waals surface area contributed by atoms with E-state index in [0.29, 0.717) is 19.6 Å². The van der Waals surface area contributed by atoms with Crippen molar-refractivity contribution in [1.82, 2.24) is 5.32 Å². The van der Waals surface area contributed by atoms with Crippen molar-refractivity contribution >= 4 is 24.0 Å². The molecule has 1 atom stereocenters. The van der Waals surface area contributed by atoms with Gasteiger partial charge in [-0.05, 0) is 30.7 Å². The summed E-state index contributed by atoms with van der Waals surface area (Å²) >= 11 is 0. The Labute approximate surface area is 155 Å². The molecule has 0 saturated carbocycles. The molecule has 3 rings (SSSR count). The summed E-state index contributed by atoms with van der Waals surface area (Å²) in [5.41, 5.74) is 1.83. The highest BCUT2D eigenvalue weighted by Gasteiger charge is 2.18. The van der Waals surface area contributed by atoms with Crippen LogP contribution in [0, 0.1) is 6.92 Å². The normalized spacial score (nSPS) is 21.2. The summed E-state index contributed by atoms with van der Waals surface area (Å²) in [6, 6.07) is 5.88. The van der Waals surface area contributed by atoms with Gasteiger partial charge >= 0.3 is 0 Å². The minimum absolute atomic E-state index is 0. The molecule has 25 heavy (non-hydrogen) atoms. The maximum Gasteiger partial charge on any atom is 0.226 e. The minimum Gasteiger partial charge on any atom is -0.490 e. The van der Waals surface area contributed by atoms with Gasteiger partial charge in [0.2, 0.25) is 5.91 Å². The van der Waals surface area contributed by atoms with Gasteiger partial charge in [0.05, 0.1) is 26.4 Å². The van der Waals surface area contributed by atoms with E-state index in [1.807, 2.05) is 25.1 Å². The molecular formula is C18H27ClN2O4. The number of morpholine rings is 1. The highest BCUT2D eigenvalue weighted by molar-refractivity contribution is 5.91. The van der Waals surface area contributed by atoms with Gasteiger partial charge in [-0.1, -0.05) is 0 Å². The second-order valence-corrected chi connectivity index (χ2v) is 6.39. The van der Waals surface area contributed by atoms with Crippen molar-refractivity contribution in [2.75, 3.05) is 38.3 Å². The molecular weight excluding hydrogens is 344 g/mol. The number of hydrogen-bond acceptors (Lipinski definition) is 5. The van der Waals surface area contributed by atoms with Crippen molar-refractivity contribution in [3.8, 4) is 5.75 Å². The lowest BCUT2D eigenvalue weighted by Gasteiger charge is -2.24. The number of nitrogens with one attached hydrogen (secondary N) is 2. The first kappa shape index (κ1) is 20.0. The van der Waals surface area contributed by atoms with Gasteiger partial charge < -0.3 is 24.8 Å². The number of carbonyl (C=O) groups is 1. The van der Waals surface area contributed by atoms with Crippen LogP contribution < -0.4 is 15.4 Å². The summed E-state index contributed by atoms with van der Waals surface area (Å²) in [7, 11) is 0. The van der Waals surface area contributed by atoms with Crippen LogP contribution >= 0.6 is 12.4 Å². The number of anilines is 1. The third-order valence-electron chi connectivity index (χ3n) is 4.35. The Morgan fingerprint density at radius 3 is 2.76 bits per heavy atom. The Morgan fingerprint density at radius 2 is 2.08 bits per heavy atom. The zero-order chi connectivity index (χ0) is 16.8. The molecule has 2 aliphatic heterocycles. The first-order chi connectivity index (χ1) is 11.7. The Balaban J connectivity index is 0.00000225. The van der Waals surface area contributed by atoms with Gasteiger partial charge in [-0.15, -0.1) is 12.4 Å². The number of halogens is 1. The van der Waals surface area contributed by atoms with Crippen LogP contribution in [-0.4, -0.2) is 51.0 Å². The third kappa shape index (κ3) is 6.15. The summed E-state index contributed by atoms with van der Waals surface area (Å²) in [6.45, 7) is 5.62. The number of hydrogen-bond donors (Lipinski definition) is 2. The maximum atomic E-state index is 12.1. The Hall–Kier alpha value is -1.34. The van der Waals surface area contributed by atoms with E-state index >= 15 is 0 Å². The van der Waals surface area contributed by atoms with Crippen LogP contribution in [-0.2, 0) is 14.3 Å². The number of aryl methyl sites for hydroxylation is 1. The number of rotatable bonds is 5. The summed E-state index contributed by atoms with van der Waals surface area (Å²) in [5.74, 6) is 0.873. The number of ether oxygens (including phenoxy) is 3. The predicted molar refractivity (Wildman–Crippen MR) is 98.8 cm³/mol. The van der Waals surface area contributed by atoms with Crippen LogP contribution in [0.25, 0.3) is 0 Å². The molecule has 2 N–H and O–H groups in total. The Bertz CT molecular complexity index is 558. The van der Waals surface area contributed by atoms with E-state index in [9.17, 15) is 4.79 Å². The van der Waals surface area contributed by atoms with Crippen molar-refractivity contribution in [3.05, 3.63) is 23.8 Å². The SMILES string of the molecule is Cc1cc(NC(=O)CC2COCCN2)ccc1OC1CCOCC1.Cl. The highest BCUT2D eigenvalue weighted by atomic mass is 35.5. The molecule has 2 aliphatic rings. The lowest BCUT2D eigenvalue weighted by atomic mass is 10.1. The van der Waals surface area contributed by atoms with Crippen LogP contribution in [0.1, 0.15) is 24.8 Å². The molecule has 0 spiro atoms. The van der Waals surface area contributed by atoms with Gasteiger partial charge in [-0.3, -0.25) is 4.79 Å². The quantitative estimate of drug-likeness (QED) is 0.832. The molecule has 0 aliphatic carbocycles. The zero-order valence-electron chi connectivity index (χ0n) is 14.6. The maximum absolute atomic E-state index is 12.1. The minimum atomic E-state index is -0.00417. The van der Waals surface area contributed by atoms with E-state index in [4.69, 9.17) is 14.2 Å². The van der Waals surface area contributed by atoms with E-state index < -0.39 is 0 Å². The van der Waals surface area contributed by atoms with Crippen molar-refractivity contribution in [2.24, 2.45) is 0 Å². The van der Waals surface area contributed by atoms with Crippen LogP contribution in [0.5, 0.6) is 5.75 Å². The smallest absolute Gasteiger partial charge is 0.226 e. The van der Waals surface area contributed by atoms with Crippen LogP contribution in [0.4, 0.5) is 5.69 Å². The zero-order valence-corrected chi connectivity index (χ0v) is 15.4. The van der Waals surface area contributed by atoms with Crippen molar-refractivity contribution < 1.29 is 19.0 Å². The lowest BCUT2D eigenvalue weighted by Crippen LogP contribution is -2.43. The first-order valence-electron chi connectivity index (χ1n) is 8.67. The average molecular weight is 371 g/mol. The largest absolute Gasteiger partial charge is 0.490 e. The number of amides is 1. The fourth-order valence-electron chi connectivity index (χ4n) is 3.02. The van der Waals surface area contributed by atoms with E-state index in [2.05, 4.69) is 10.6 Å². The van der Waals surface area contributed by atoms with E-state index in [0.717, 1.165) is 49.6 Å². The molecule has 1 unspecified atom stereocenters. The van der Waals surface area contributed by atoms with Crippen molar-refractivity contribution in [3.63, 3.8) is 0 Å². The molecule has 1 aromatic rings. The van der Waals surface area contributed by atoms with E-state index in [-0.39, 0.29) is 30.5 Å². The van der Waals surface area contributed by atoms with Crippen molar-refractivity contribution in [1.29, 1.82) is 0 Å². The fraction of sp³-hybridized carbons (Fsp3) is 0.611. The molecule has 7 heteroatoms. The molecule has 0 radical (unpaired) electrons. The van der Waals surface area contributed by atoms with Crippen LogP contribution in [0.3, 0.4) is 0 Å². The fourth-order valence-corrected chi connectivity index (χ4v) is 3.02. The number of carbonyl (C=O) groups excluding carboxylic acids is 1. The second kappa shape index (κ2) is 9.97. The monoisotopic (exact) mass is 370 g/mol. The summed E-state index contributed by atoms with van der Waals surface area (Å²) in [5, 5.41) is 6.24. The topological polar surface area (TPSA) is 68.8 Å². The first-order valence-corrected chi connectivity index (χ1v) is 8.67. The van der Waals surface area contributed by atoms with Gasteiger partial charge in [0, 0.05) is 37.5 Å². The average Bonchev–Trinajstić information content (AvgIpc) is 2.59. The van der Waals surface area contributed by atoms with Gasteiger partial charge in [-0.25, -0.2) is 0 Å². The standard InChI is InChI=1S/C18H26N2O4.ClH/c1-13-10-14(20-18(21)11-15-12-23-9-6-19-15)2-3-17(13)24-16-4-7-22-8-5-16;/h2-3,10,15-16,19H,4-9,11-12H2,1H3,(H,20,21);1H. The molecule has 1 amide bonds. The van der Waals surface area contributed by atoms with Crippen molar-refractivity contribution in [2.45, 2.75) is 38.3 Å². The Kier molecular flexibility index (Phi) is 7.96. The molecule has 0 aromatic heterocycles. The predicted octanol–water partition coefficient (Wildman–Crippen LogP) is 2.29. The van der Waals surface area contributed by atoms with Gasteiger partial charge in [0.1, 0.15) is 11.9 Å². The molecule has 0 bridgehead atoms. The van der Waals surface area contributed by atoms with Crippen LogP contribution in [0.2, 0.25) is 0 Å². The molecule has 2 fully saturated rings. The third-order valence-corrected chi connectivity index (χ3v) is 4.35.